The Morgan fingerprint density at radius 1 is 1.29 bits per heavy atom. The summed E-state index contributed by atoms with van der Waals surface area (Å²) in [6.07, 6.45) is 4.47. The summed E-state index contributed by atoms with van der Waals surface area (Å²) in [4.78, 5) is 24.3. The number of carbonyl (C=O) groups excluding carboxylic acids is 1. The standard InChI is InChI=1S/C12H20N2O3/c1-14(7-8-2-3-8)12(17)13-10-5-4-9(6-10)11(15)16/h8-10H,2-7H2,1H3,(H,13,17)(H,15,16). The van der Waals surface area contributed by atoms with Crippen molar-refractivity contribution in [3.05, 3.63) is 0 Å². The molecule has 2 atom stereocenters. The molecule has 2 N–H and O–H groups in total. The van der Waals surface area contributed by atoms with Crippen molar-refractivity contribution < 1.29 is 14.7 Å². The molecule has 0 spiro atoms. The van der Waals surface area contributed by atoms with Crippen molar-refractivity contribution in [2.75, 3.05) is 13.6 Å². The van der Waals surface area contributed by atoms with E-state index in [1.165, 1.54) is 12.8 Å². The van der Waals surface area contributed by atoms with Crippen LogP contribution < -0.4 is 5.32 Å². The summed E-state index contributed by atoms with van der Waals surface area (Å²) >= 11 is 0. The molecule has 5 nitrogen and oxygen atoms in total. The number of urea groups is 1. The van der Waals surface area contributed by atoms with E-state index in [4.69, 9.17) is 5.11 Å². The van der Waals surface area contributed by atoms with Gasteiger partial charge < -0.3 is 15.3 Å². The Labute approximate surface area is 101 Å². The summed E-state index contributed by atoms with van der Waals surface area (Å²) in [5.41, 5.74) is 0. The van der Waals surface area contributed by atoms with Crippen LogP contribution in [-0.2, 0) is 4.79 Å². The molecule has 2 saturated carbocycles. The number of hydrogen-bond donors (Lipinski definition) is 2. The van der Waals surface area contributed by atoms with Crippen molar-refractivity contribution in [3.63, 3.8) is 0 Å². The van der Waals surface area contributed by atoms with Gasteiger partial charge in [0.1, 0.15) is 0 Å². The number of nitrogens with one attached hydrogen (secondary N) is 1. The summed E-state index contributed by atoms with van der Waals surface area (Å²) in [5, 5.41) is 11.8. The topological polar surface area (TPSA) is 69.6 Å². The van der Waals surface area contributed by atoms with Gasteiger partial charge >= 0.3 is 12.0 Å². The van der Waals surface area contributed by atoms with E-state index in [1.54, 1.807) is 11.9 Å². The van der Waals surface area contributed by atoms with E-state index in [1.807, 2.05) is 0 Å². The van der Waals surface area contributed by atoms with Crippen LogP contribution in [-0.4, -0.2) is 41.6 Å². The van der Waals surface area contributed by atoms with Crippen LogP contribution in [0.2, 0.25) is 0 Å². The van der Waals surface area contributed by atoms with Gasteiger partial charge in [0.2, 0.25) is 0 Å². The molecule has 17 heavy (non-hydrogen) atoms. The largest absolute Gasteiger partial charge is 0.481 e. The van der Waals surface area contributed by atoms with Crippen LogP contribution in [0.15, 0.2) is 0 Å². The molecule has 96 valence electrons. The van der Waals surface area contributed by atoms with Crippen molar-refractivity contribution in [3.8, 4) is 0 Å². The van der Waals surface area contributed by atoms with Crippen LogP contribution in [0, 0.1) is 11.8 Å². The van der Waals surface area contributed by atoms with Gasteiger partial charge in [-0.05, 0) is 38.0 Å². The number of carboxylic acid groups (broad SMARTS) is 1. The number of aliphatic carboxylic acids is 1. The molecule has 0 aromatic heterocycles. The number of hydrogen-bond acceptors (Lipinski definition) is 2. The van der Waals surface area contributed by atoms with E-state index < -0.39 is 5.97 Å². The van der Waals surface area contributed by atoms with Gasteiger partial charge in [0.25, 0.3) is 0 Å². The fourth-order valence-corrected chi connectivity index (χ4v) is 2.39. The van der Waals surface area contributed by atoms with Crippen LogP contribution in [0.25, 0.3) is 0 Å². The van der Waals surface area contributed by atoms with Crippen LogP contribution >= 0.6 is 0 Å². The first-order valence-corrected chi connectivity index (χ1v) is 6.30. The lowest BCUT2D eigenvalue weighted by atomic mass is 10.1. The lowest BCUT2D eigenvalue weighted by Gasteiger charge is -2.20. The number of nitrogens with zero attached hydrogens (tertiary/aromatic N) is 1. The van der Waals surface area contributed by atoms with Crippen LogP contribution in [0.5, 0.6) is 0 Å². The monoisotopic (exact) mass is 240 g/mol. The second kappa shape index (κ2) is 4.94. The highest BCUT2D eigenvalue weighted by Gasteiger charge is 2.31. The molecule has 2 aliphatic carbocycles. The normalized spacial score (nSPS) is 27.8. The van der Waals surface area contributed by atoms with Gasteiger partial charge in [-0.15, -0.1) is 0 Å². The molecule has 5 heteroatoms. The summed E-state index contributed by atoms with van der Waals surface area (Å²) in [7, 11) is 1.80. The smallest absolute Gasteiger partial charge is 0.317 e. The first kappa shape index (κ1) is 12.2. The molecular formula is C12H20N2O3. The van der Waals surface area contributed by atoms with Gasteiger partial charge in [-0.25, -0.2) is 4.79 Å². The molecule has 2 amide bonds. The molecule has 0 saturated heterocycles. The molecule has 0 aromatic rings. The van der Waals surface area contributed by atoms with Gasteiger partial charge in [-0.2, -0.15) is 0 Å². The molecule has 2 fully saturated rings. The fraction of sp³-hybridized carbons (Fsp3) is 0.833. The van der Waals surface area contributed by atoms with Crippen LogP contribution in [0.4, 0.5) is 4.79 Å². The molecule has 2 aliphatic rings. The lowest BCUT2D eigenvalue weighted by molar-refractivity contribution is -0.141. The molecular weight excluding hydrogens is 220 g/mol. The van der Waals surface area contributed by atoms with E-state index in [2.05, 4.69) is 5.32 Å². The van der Waals surface area contributed by atoms with E-state index in [0.29, 0.717) is 18.8 Å². The molecule has 0 bridgehead atoms. The summed E-state index contributed by atoms with van der Waals surface area (Å²) < 4.78 is 0. The highest BCUT2D eigenvalue weighted by molar-refractivity contribution is 5.75. The van der Waals surface area contributed by atoms with Crippen molar-refractivity contribution in [1.29, 1.82) is 0 Å². The molecule has 2 rings (SSSR count). The minimum Gasteiger partial charge on any atom is -0.481 e. The van der Waals surface area contributed by atoms with Gasteiger partial charge in [0, 0.05) is 19.6 Å². The Balaban J connectivity index is 1.73. The first-order chi connectivity index (χ1) is 8.06. The maximum absolute atomic E-state index is 11.8. The maximum Gasteiger partial charge on any atom is 0.317 e. The van der Waals surface area contributed by atoms with Crippen molar-refractivity contribution in [1.82, 2.24) is 10.2 Å². The van der Waals surface area contributed by atoms with E-state index >= 15 is 0 Å². The van der Waals surface area contributed by atoms with Crippen LogP contribution in [0.3, 0.4) is 0 Å². The Morgan fingerprint density at radius 3 is 2.53 bits per heavy atom. The number of carboxylic acids is 1. The van der Waals surface area contributed by atoms with Crippen molar-refractivity contribution in [2.24, 2.45) is 11.8 Å². The SMILES string of the molecule is CN(CC1CC1)C(=O)NC1CCC(C(=O)O)C1. The predicted molar refractivity (Wildman–Crippen MR) is 62.7 cm³/mol. The molecule has 0 heterocycles. The minimum atomic E-state index is -0.743. The molecule has 0 radical (unpaired) electrons. The average Bonchev–Trinajstić information content (AvgIpc) is 2.94. The Kier molecular flexibility index (Phi) is 3.54. The van der Waals surface area contributed by atoms with Gasteiger partial charge in [-0.3, -0.25) is 4.79 Å². The Hall–Kier alpha value is -1.26. The third kappa shape index (κ3) is 3.35. The van der Waals surface area contributed by atoms with Crippen molar-refractivity contribution in [2.45, 2.75) is 38.1 Å². The summed E-state index contributed by atoms with van der Waals surface area (Å²) in [6.45, 7) is 0.820. The zero-order valence-corrected chi connectivity index (χ0v) is 10.2. The van der Waals surface area contributed by atoms with Gasteiger partial charge in [0.05, 0.1) is 5.92 Å². The van der Waals surface area contributed by atoms with Crippen LogP contribution in [0.1, 0.15) is 32.1 Å². The number of amides is 2. The van der Waals surface area contributed by atoms with Gasteiger partial charge in [0.15, 0.2) is 0 Å². The molecule has 0 aliphatic heterocycles. The average molecular weight is 240 g/mol. The first-order valence-electron chi connectivity index (χ1n) is 6.30. The quantitative estimate of drug-likeness (QED) is 0.778. The fourth-order valence-electron chi connectivity index (χ4n) is 2.39. The summed E-state index contributed by atoms with van der Waals surface area (Å²) in [6, 6.07) is -0.0295. The predicted octanol–water partition coefficient (Wildman–Crippen LogP) is 1.29. The molecule has 0 aromatic carbocycles. The van der Waals surface area contributed by atoms with Crippen molar-refractivity contribution >= 4 is 12.0 Å². The Bertz CT molecular complexity index is 315. The highest BCUT2D eigenvalue weighted by Crippen LogP contribution is 2.29. The zero-order chi connectivity index (χ0) is 12.4. The minimum absolute atomic E-state index is 0.0326. The lowest BCUT2D eigenvalue weighted by Crippen LogP contribution is -2.43. The maximum atomic E-state index is 11.8. The second-order valence-corrected chi connectivity index (χ2v) is 5.32. The second-order valence-electron chi connectivity index (χ2n) is 5.32. The Morgan fingerprint density at radius 2 is 2.00 bits per heavy atom. The third-order valence-corrected chi connectivity index (χ3v) is 3.69. The number of carbonyl (C=O) groups is 2. The van der Waals surface area contributed by atoms with E-state index in [0.717, 1.165) is 13.0 Å². The van der Waals surface area contributed by atoms with E-state index in [9.17, 15) is 9.59 Å². The zero-order valence-electron chi connectivity index (χ0n) is 10.2. The van der Waals surface area contributed by atoms with Gasteiger partial charge in [-0.1, -0.05) is 0 Å². The van der Waals surface area contributed by atoms with E-state index in [-0.39, 0.29) is 18.0 Å². The third-order valence-electron chi connectivity index (χ3n) is 3.69. The highest BCUT2D eigenvalue weighted by atomic mass is 16.4. The molecule has 2 unspecified atom stereocenters. The summed E-state index contributed by atoms with van der Waals surface area (Å²) in [5.74, 6) is -0.344. The number of rotatable bonds is 4.